The van der Waals surface area contributed by atoms with Crippen LogP contribution in [-0.4, -0.2) is 67.2 Å². The largest absolute Gasteiger partial charge is 0.445 e. The fraction of sp³-hybridized carbons (Fsp3) is 0.718. The van der Waals surface area contributed by atoms with Crippen LogP contribution in [0.1, 0.15) is 126 Å². The maximum atomic E-state index is 13.4. The molecule has 0 radical (unpaired) electrons. The van der Waals surface area contributed by atoms with Gasteiger partial charge in [-0.05, 0) is 80.4 Å². The second-order valence-electron chi connectivity index (χ2n) is 17.0. The normalized spacial score (nSPS) is 13.1. The topological polar surface area (TPSA) is 190 Å². The van der Waals surface area contributed by atoms with E-state index in [1.54, 1.807) is 24.3 Å². The number of nitrogens with two attached hydrogens (primary N) is 1. The van der Waals surface area contributed by atoms with Gasteiger partial charge in [-0.25, -0.2) is 9.59 Å². The first-order valence-electron chi connectivity index (χ1n) is 18.6. The summed E-state index contributed by atoms with van der Waals surface area (Å²) in [6, 6.07) is 4.34. The van der Waals surface area contributed by atoms with E-state index in [0.717, 1.165) is 25.7 Å². The minimum atomic E-state index is -0.951. The van der Waals surface area contributed by atoms with Crippen LogP contribution in [0.5, 0.6) is 0 Å². The van der Waals surface area contributed by atoms with E-state index < -0.39 is 36.0 Å². The Morgan fingerprint density at radius 1 is 0.750 bits per heavy atom. The van der Waals surface area contributed by atoms with E-state index in [0.29, 0.717) is 43.7 Å². The van der Waals surface area contributed by atoms with Crippen LogP contribution in [-0.2, 0) is 30.5 Å². The molecule has 0 aliphatic heterocycles. The molecule has 0 spiro atoms. The third kappa shape index (κ3) is 22.1. The molecule has 52 heavy (non-hydrogen) atoms. The Morgan fingerprint density at radius 2 is 1.40 bits per heavy atom. The van der Waals surface area contributed by atoms with Crippen molar-refractivity contribution in [3.05, 3.63) is 29.8 Å². The van der Waals surface area contributed by atoms with Crippen molar-refractivity contribution >= 4 is 35.5 Å². The zero-order valence-electron chi connectivity index (χ0n) is 33.5. The van der Waals surface area contributed by atoms with Crippen molar-refractivity contribution in [1.29, 1.82) is 0 Å². The van der Waals surface area contributed by atoms with Crippen molar-refractivity contribution in [3.8, 4) is 0 Å². The molecular formula is C39H68N6O7. The molecule has 0 saturated heterocycles. The predicted molar refractivity (Wildman–Crippen MR) is 205 cm³/mol. The molecule has 1 rings (SSSR count). The maximum Gasteiger partial charge on any atom is 0.407 e. The van der Waals surface area contributed by atoms with Crippen LogP contribution in [0.3, 0.4) is 0 Å². The average Bonchev–Trinajstić information content (AvgIpc) is 3.02. The average molecular weight is 733 g/mol. The minimum absolute atomic E-state index is 0.0365. The lowest BCUT2D eigenvalue weighted by Gasteiger charge is -2.30. The smallest absolute Gasteiger partial charge is 0.407 e. The van der Waals surface area contributed by atoms with Crippen LogP contribution in [0.2, 0.25) is 0 Å². The first-order chi connectivity index (χ1) is 24.1. The number of ether oxygens (including phenoxy) is 2. The van der Waals surface area contributed by atoms with Gasteiger partial charge in [-0.1, -0.05) is 80.4 Å². The number of unbranched alkanes of at least 4 members (excludes halogenated alkanes) is 2. The minimum Gasteiger partial charge on any atom is -0.445 e. The first kappa shape index (κ1) is 46.2. The van der Waals surface area contributed by atoms with Crippen LogP contribution in [0.25, 0.3) is 0 Å². The lowest BCUT2D eigenvalue weighted by atomic mass is 9.89. The Balaban J connectivity index is 2.75. The molecule has 1 aromatic carbocycles. The number of alkyl carbamates (subject to hydrolysis) is 1. The van der Waals surface area contributed by atoms with E-state index in [9.17, 15) is 24.0 Å². The van der Waals surface area contributed by atoms with E-state index in [-0.39, 0.29) is 47.8 Å². The number of primary amides is 1. The quantitative estimate of drug-likeness (QED) is 0.0771. The Morgan fingerprint density at radius 3 is 1.98 bits per heavy atom. The van der Waals surface area contributed by atoms with Gasteiger partial charge in [0, 0.05) is 25.2 Å². The molecule has 13 nitrogen and oxygen atoms in total. The fourth-order valence-electron chi connectivity index (χ4n) is 5.01. The van der Waals surface area contributed by atoms with Gasteiger partial charge in [-0.15, -0.1) is 0 Å². The number of anilines is 1. The highest BCUT2D eigenvalue weighted by molar-refractivity contribution is 5.98. The summed E-state index contributed by atoms with van der Waals surface area (Å²) in [5.41, 5.74) is 6.28. The molecule has 2 atom stereocenters. The van der Waals surface area contributed by atoms with E-state index in [1.165, 1.54) is 0 Å². The summed E-state index contributed by atoms with van der Waals surface area (Å²) >= 11 is 0. The summed E-state index contributed by atoms with van der Waals surface area (Å²) in [6.07, 6.45) is 4.77. The number of urea groups is 1. The molecule has 296 valence electrons. The second kappa shape index (κ2) is 22.3. The molecule has 0 saturated carbocycles. The molecule has 0 fully saturated rings. The molecule has 0 aromatic heterocycles. The molecule has 1 unspecified atom stereocenters. The number of carbonyl (C=O) groups is 5. The van der Waals surface area contributed by atoms with E-state index in [4.69, 9.17) is 15.2 Å². The third-order valence-corrected chi connectivity index (χ3v) is 8.18. The molecule has 0 heterocycles. The van der Waals surface area contributed by atoms with Crippen molar-refractivity contribution in [1.82, 2.24) is 21.3 Å². The van der Waals surface area contributed by atoms with Gasteiger partial charge in [-0.2, -0.15) is 0 Å². The third-order valence-electron chi connectivity index (χ3n) is 8.18. The summed E-state index contributed by atoms with van der Waals surface area (Å²) in [5.74, 6) is -1.35. The van der Waals surface area contributed by atoms with Crippen molar-refractivity contribution < 1.29 is 33.4 Å². The van der Waals surface area contributed by atoms with Gasteiger partial charge >= 0.3 is 12.1 Å². The summed E-state index contributed by atoms with van der Waals surface area (Å²) < 4.78 is 11.3. The standard InChI is InChI=1S/C39H68N6O7/c1-27(2)32(45-31(46)16-12-11-13-21-37(3,4)5)34(48)44-30(15-14-23-41-35(40)49)33(47)43-29-19-17-28(18-20-29)25-51-36(50)42-24-22-39(9,10)52-26-38(6,7)8/h17-20,27,30,32H,11-16,21-26H2,1-10H3,(H,42,50)(H,43,47)(H,44,48)(H,45,46)(H3,40,41,49)/t30-,32?/m0/s1. The second-order valence-corrected chi connectivity index (χ2v) is 17.0. The molecule has 0 aliphatic carbocycles. The maximum absolute atomic E-state index is 13.4. The molecule has 7 N–H and O–H groups in total. The lowest BCUT2D eigenvalue weighted by molar-refractivity contribution is -0.132. The molecule has 0 aliphatic rings. The highest BCUT2D eigenvalue weighted by Crippen LogP contribution is 2.23. The highest BCUT2D eigenvalue weighted by atomic mass is 16.5. The number of hydrogen-bond acceptors (Lipinski definition) is 7. The van der Waals surface area contributed by atoms with Gasteiger partial charge in [-0.3, -0.25) is 14.4 Å². The summed E-state index contributed by atoms with van der Waals surface area (Å²) in [7, 11) is 0. The number of nitrogens with one attached hydrogen (secondary N) is 5. The Labute approximate surface area is 312 Å². The zero-order chi connectivity index (χ0) is 39.5. The van der Waals surface area contributed by atoms with Gasteiger partial charge in [0.05, 0.1) is 12.2 Å². The Hall–Kier alpha value is -3.87. The van der Waals surface area contributed by atoms with Crippen LogP contribution in [0, 0.1) is 16.7 Å². The van der Waals surface area contributed by atoms with Crippen LogP contribution < -0.4 is 32.3 Å². The van der Waals surface area contributed by atoms with Crippen LogP contribution >= 0.6 is 0 Å². The Bertz CT molecular complexity index is 1270. The number of benzene rings is 1. The number of amides is 6. The molecule has 6 amide bonds. The number of carbonyl (C=O) groups excluding carboxylic acids is 5. The SMILES string of the molecule is CC(C)C(NC(=O)CCCCCC(C)(C)C)C(=O)N[C@@H](CCCNC(N)=O)C(=O)Nc1ccc(COC(=O)NCCC(C)(C)OCC(C)(C)C)cc1. The molecular weight excluding hydrogens is 664 g/mol. The van der Waals surface area contributed by atoms with Gasteiger partial charge in [0.1, 0.15) is 18.7 Å². The number of hydrogen-bond donors (Lipinski definition) is 6. The van der Waals surface area contributed by atoms with Gasteiger partial charge in [0.25, 0.3) is 0 Å². The van der Waals surface area contributed by atoms with Gasteiger partial charge in [0.2, 0.25) is 17.7 Å². The predicted octanol–water partition coefficient (Wildman–Crippen LogP) is 6.15. The Kier molecular flexibility index (Phi) is 19.8. The van der Waals surface area contributed by atoms with E-state index >= 15 is 0 Å². The fourth-order valence-corrected chi connectivity index (χ4v) is 5.01. The first-order valence-corrected chi connectivity index (χ1v) is 18.6. The highest BCUT2D eigenvalue weighted by Gasteiger charge is 2.29. The molecule has 13 heteroatoms. The lowest BCUT2D eigenvalue weighted by Crippen LogP contribution is -2.54. The van der Waals surface area contributed by atoms with Crippen molar-refractivity contribution in [2.45, 2.75) is 145 Å². The van der Waals surface area contributed by atoms with E-state index in [2.05, 4.69) is 68.1 Å². The van der Waals surface area contributed by atoms with Gasteiger partial charge in [0.15, 0.2) is 0 Å². The molecule has 1 aromatic rings. The van der Waals surface area contributed by atoms with Gasteiger partial charge < -0.3 is 41.8 Å². The number of rotatable bonds is 22. The summed E-state index contributed by atoms with van der Waals surface area (Å²) in [6.45, 7) is 21.8. The monoisotopic (exact) mass is 733 g/mol. The summed E-state index contributed by atoms with van der Waals surface area (Å²) in [4.78, 5) is 63.0. The molecule has 0 bridgehead atoms. The van der Waals surface area contributed by atoms with Crippen molar-refractivity contribution in [3.63, 3.8) is 0 Å². The van der Waals surface area contributed by atoms with Crippen molar-refractivity contribution in [2.75, 3.05) is 25.0 Å². The summed E-state index contributed by atoms with van der Waals surface area (Å²) in [5, 5.41) is 13.7. The van der Waals surface area contributed by atoms with Crippen molar-refractivity contribution in [2.24, 2.45) is 22.5 Å². The van der Waals surface area contributed by atoms with E-state index in [1.807, 2.05) is 27.7 Å². The van der Waals surface area contributed by atoms with Crippen LogP contribution in [0.15, 0.2) is 24.3 Å². The zero-order valence-corrected chi connectivity index (χ0v) is 33.5. The van der Waals surface area contributed by atoms with Crippen LogP contribution in [0.4, 0.5) is 15.3 Å².